The molecule has 0 aliphatic heterocycles. The van der Waals surface area contributed by atoms with Crippen LogP contribution in [-0.4, -0.2) is 34.8 Å². The van der Waals surface area contributed by atoms with Gasteiger partial charge >= 0.3 is 5.97 Å². The maximum Gasteiger partial charge on any atom is 0.340 e. The standard InChI is InChI=1S/C13H19ClN2O3S/c1-3-19-13(17)10-7-9(15)8-11(14)12(10)16-5-6-20(18)4-2/h7-8,16H,3-6,15H2,1-2H3. The third-order valence-corrected chi connectivity index (χ3v) is 4.16. The summed E-state index contributed by atoms with van der Waals surface area (Å²) in [5, 5.41) is 3.37. The molecule has 112 valence electrons. The third kappa shape index (κ3) is 4.68. The smallest absolute Gasteiger partial charge is 0.340 e. The minimum Gasteiger partial charge on any atom is -0.462 e. The number of rotatable bonds is 7. The van der Waals surface area contributed by atoms with Gasteiger partial charge in [-0.1, -0.05) is 18.5 Å². The Hall–Kier alpha value is -1.27. The zero-order chi connectivity index (χ0) is 15.1. The van der Waals surface area contributed by atoms with Crippen molar-refractivity contribution in [3.63, 3.8) is 0 Å². The highest BCUT2D eigenvalue weighted by Gasteiger charge is 2.16. The highest BCUT2D eigenvalue weighted by molar-refractivity contribution is 7.84. The number of benzene rings is 1. The largest absolute Gasteiger partial charge is 0.462 e. The molecule has 1 aromatic rings. The number of carbonyl (C=O) groups excluding carboxylic acids is 1. The van der Waals surface area contributed by atoms with Gasteiger partial charge in [-0.25, -0.2) is 4.79 Å². The maximum absolute atomic E-state index is 11.9. The van der Waals surface area contributed by atoms with Crippen molar-refractivity contribution in [3.8, 4) is 0 Å². The number of nitrogens with two attached hydrogens (primary N) is 1. The van der Waals surface area contributed by atoms with Crippen molar-refractivity contribution in [2.24, 2.45) is 0 Å². The lowest BCUT2D eigenvalue weighted by molar-refractivity contribution is 0.0527. The van der Waals surface area contributed by atoms with E-state index in [9.17, 15) is 9.00 Å². The molecule has 0 saturated heterocycles. The van der Waals surface area contributed by atoms with Crippen LogP contribution in [0.1, 0.15) is 24.2 Å². The number of hydrogen-bond acceptors (Lipinski definition) is 5. The molecule has 0 heterocycles. The lowest BCUT2D eigenvalue weighted by Gasteiger charge is -2.14. The number of ether oxygens (including phenoxy) is 1. The Labute approximate surface area is 126 Å². The molecular weight excluding hydrogens is 300 g/mol. The van der Waals surface area contributed by atoms with Crippen molar-refractivity contribution >= 4 is 39.7 Å². The van der Waals surface area contributed by atoms with Gasteiger partial charge < -0.3 is 15.8 Å². The van der Waals surface area contributed by atoms with Crippen LogP contribution >= 0.6 is 11.6 Å². The first-order valence-corrected chi connectivity index (χ1v) is 8.21. The van der Waals surface area contributed by atoms with Crippen LogP contribution in [0.2, 0.25) is 5.02 Å². The normalized spacial score (nSPS) is 11.9. The first-order valence-electron chi connectivity index (χ1n) is 6.34. The fraction of sp³-hybridized carbons (Fsp3) is 0.462. The lowest BCUT2D eigenvalue weighted by Crippen LogP contribution is -2.16. The van der Waals surface area contributed by atoms with Gasteiger partial charge in [0.15, 0.2) is 0 Å². The zero-order valence-corrected chi connectivity index (χ0v) is 13.1. The van der Waals surface area contributed by atoms with E-state index >= 15 is 0 Å². The Kier molecular flexibility index (Phi) is 6.81. The Morgan fingerprint density at radius 2 is 2.15 bits per heavy atom. The fourth-order valence-electron chi connectivity index (χ4n) is 1.61. The highest BCUT2D eigenvalue weighted by atomic mass is 35.5. The monoisotopic (exact) mass is 318 g/mol. The average molecular weight is 319 g/mol. The summed E-state index contributed by atoms with van der Waals surface area (Å²) in [5.41, 5.74) is 6.84. The Balaban J connectivity index is 2.92. The molecule has 1 atom stereocenters. The van der Waals surface area contributed by atoms with E-state index < -0.39 is 16.8 Å². The first-order chi connectivity index (χ1) is 9.49. The van der Waals surface area contributed by atoms with Crippen molar-refractivity contribution in [2.45, 2.75) is 13.8 Å². The van der Waals surface area contributed by atoms with Crippen molar-refractivity contribution in [1.82, 2.24) is 0 Å². The van der Waals surface area contributed by atoms with Gasteiger partial charge in [0, 0.05) is 34.5 Å². The zero-order valence-electron chi connectivity index (χ0n) is 11.6. The minimum atomic E-state index is -0.879. The summed E-state index contributed by atoms with van der Waals surface area (Å²) in [6.07, 6.45) is 0. The van der Waals surface area contributed by atoms with Crippen LogP contribution in [-0.2, 0) is 15.5 Å². The van der Waals surface area contributed by atoms with E-state index in [2.05, 4.69) is 5.32 Å². The van der Waals surface area contributed by atoms with E-state index in [1.165, 1.54) is 6.07 Å². The number of esters is 1. The van der Waals surface area contributed by atoms with Crippen molar-refractivity contribution < 1.29 is 13.7 Å². The highest BCUT2D eigenvalue weighted by Crippen LogP contribution is 2.29. The van der Waals surface area contributed by atoms with Crippen LogP contribution in [0.5, 0.6) is 0 Å². The number of nitrogens with one attached hydrogen (secondary N) is 1. The number of carbonyl (C=O) groups is 1. The molecule has 5 nitrogen and oxygen atoms in total. The topological polar surface area (TPSA) is 81.4 Å². The van der Waals surface area contributed by atoms with Crippen LogP contribution in [0.3, 0.4) is 0 Å². The second-order valence-electron chi connectivity index (χ2n) is 4.01. The van der Waals surface area contributed by atoms with Crippen LogP contribution in [0.4, 0.5) is 11.4 Å². The Morgan fingerprint density at radius 3 is 2.75 bits per heavy atom. The molecule has 0 radical (unpaired) electrons. The molecule has 3 N–H and O–H groups in total. The number of halogens is 1. The molecule has 7 heteroatoms. The summed E-state index contributed by atoms with van der Waals surface area (Å²) in [5.74, 6) is 0.599. The predicted octanol–water partition coefficient (Wildman–Crippen LogP) is 2.28. The van der Waals surface area contributed by atoms with E-state index in [-0.39, 0.29) is 6.61 Å². The average Bonchev–Trinajstić information content (AvgIpc) is 2.40. The van der Waals surface area contributed by atoms with Gasteiger partial charge in [0.1, 0.15) is 0 Å². The molecule has 0 aliphatic rings. The molecule has 0 aliphatic carbocycles. The van der Waals surface area contributed by atoms with Crippen LogP contribution in [0.25, 0.3) is 0 Å². The lowest BCUT2D eigenvalue weighted by atomic mass is 10.1. The summed E-state index contributed by atoms with van der Waals surface area (Å²) >= 11 is 6.10. The van der Waals surface area contributed by atoms with Crippen LogP contribution in [0.15, 0.2) is 12.1 Å². The van der Waals surface area contributed by atoms with Crippen molar-refractivity contribution in [2.75, 3.05) is 35.7 Å². The molecule has 1 rings (SSSR count). The van der Waals surface area contributed by atoms with Gasteiger partial charge in [0.2, 0.25) is 0 Å². The van der Waals surface area contributed by atoms with E-state index in [0.717, 1.165) is 0 Å². The van der Waals surface area contributed by atoms with Gasteiger partial charge in [0.05, 0.1) is 22.9 Å². The quantitative estimate of drug-likeness (QED) is 0.595. The molecule has 0 bridgehead atoms. The summed E-state index contributed by atoms with van der Waals surface area (Å²) in [6.45, 7) is 4.31. The van der Waals surface area contributed by atoms with Crippen LogP contribution in [0, 0.1) is 0 Å². The summed E-state index contributed by atoms with van der Waals surface area (Å²) in [7, 11) is -0.879. The number of anilines is 2. The van der Waals surface area contributed by atoms with Gasteiger partial charge in [-0.2, -0.15) is 0 Å². The predicted molar refractivity (Wildman–Crippen MR) is 83.9 cm³/mol. The van der Waals surface area contributed by atoms with Gasteiger partial charge in [0.25, 0.3) is 0 Å². The molecule has 0 spiro atoms. The van der Waals surface area contributed by atoms with E-state index in [1.54, 1.807) is 13.0 Å². The molecule has 0 amide bonds. The van der Waals surface area contributed by atoms with Crippen molar-refractivity contribution in [1.29, 1.82) is 0 Å². The minimum absolute atomic E-state index is 0.268. The molecular formula is C13H19ClN2O3S. The number of nitrogen functional groups attached to an aromatic ring is 1. The van der Waals surface area contributed by atoms with Gasteiger partial charge in [-0.05, 0) is 19.1 Å². The van der Waals surface area contributed by atoms with E-state index in [1.807, 2.05) is 6.92 Å². The SMILES string of the molecule is CCOC(=O)c1cc(N)cc(Cl)c1NCCS(=O)CC. The maximum atomic E-state index is 11.9. The second-order valence-corrected chi connectivity index (χ2v) is 6.28. The first kappa shape index (κ1) is 16.8. The summed E-state index contributed by atoms with van der Waals surface area (Å²) < 4.78 is 16.4. The molecule has 1 aromatic carbocycles. The third-order valence-electron chi connectivity index (χ3n) is 2.56. The fourth-order valence-corrected chi connectivity index (χ4v) is 2.52. The molecule has 20 heavy (non-hydrogen) atoms. The summed E-state index contributed by atoms with van der Waals surface area (Å²) in [6, 6.07) is 3.08. The molecule has 0 fully saturated rings. The van der Waals surface area contributed by atoms with Crippen LogP contribution < -0.4 is 11.1 Å². The second kappa shape index (κ2) is 8.11. The molecule has 1 unspecified atom stereocenters. The Morgan fingerprint density at radius 1 is 1.45 bits per heavy atom. The molecule has 0 aromatic heterocycles. The van der Waals surface area contributed by atoms with Gasteiger partial charge in [-0.15, -0.1) is 0 Å². The summed E-state index contributed by atoms with van der Waals surface area (Å²) in [4.78, 5) is 11.9. The Bertz CT molecular complexity index is 509. The van der Waals surface area contributed by atoms with E-state index in [0.29, 0.717) is 40.0 Å². The van der Waals surface area contributed by atoms with E-state index in [4.69, 9.17) is 22.1 Å². The van der Waals surface area contributed by atoms with Crippen molar-refractivity contribution in [3.05, 3.63) is 22.7 Å². The molecule has 0 saturated carbocycles. The van der Waals surface area contributed by atoms with Gasteiger partial charge in [-0.3, -0.25) is 4.21 Å². The number of hydrogen-bond donors (Lipinski definition) is 2.